The van der Waals surface area contributed by atoms with E-state index in [9.17, 15) is 0 Å². The van der Waals surface area contributed by atoms with Gasteiger partial charge in [-0.25, -0.2) is 0 Å². The number of benzene rings is 1. The molecule has 90 valence electrons. The molecule has 0 aliphatic carbocycles. The van der Waals surface area contributed by atoms with E-state index in [0.717, 1.165) is 11.3 Å². The van der Waals surface area contributed by atoms with E-state index in [1.54, 1.807) is 0 Å². The molecule has 3 N–H and O–H groups in total. The quantitative estimate of drug-likeness (QED) is 0.742. The van der Waals surface area contributed by atoms with Gasteiger partial charge in [-0.05, 0) is 24.6 Å². The lowest BCUT2D eigenvalue weighted by atomic mass is 9.93. The number of aliphatic hydroxyl groups is 2. The number of hydrogen-bond donors (Lipinski definition) is 3. The van der Waals surface area contributed by atoms with Crippen molar-refractivity contribution in [2.75, 3.05) is 25.1 Å². The Balaban J connectivity index is 2.70. The third kappa shape index (κ3) is 3.37. The van der Waals surface area contributed by atoms with Gasteiger partial charge in [0.2, 0.25) is 0 Å². The number of rotatable bonds is 5. The lowest BCUT2D eigenvalue weighted by Gasteiger charge is -2.25. The summed E-state index contributed by atoms with van der Waals surface area (Å²) in [6.07, 6.45) is 0. The molecule has 16 heavy (non-hydrogen) atoms. The van der Waals surface area contributed by atoms with Crippen molar-refractivity contribution in [3.05, 3.63) is 28.8 Å². The van der Waals surface area contributed by atoms with Gasteiger partial charge >= 0.3 is 0 Å². The Morgan fingerprint density at radius 3 is 2.50 bits per heavy atom. The van der Waals surface area contributed by atoms with E-state index in [4.69, 9.17) is 21.8 Å². The van der Waals surface area contributed by atoms with Gasteiger partial charge in [0.15, 0.2) is 0 Å². The average Bonchev–Trinajstić information content (AvgIpc) is 2.30. The minimum absolute atomic E-state index is 0.0594. The molecule has 0 atom stereocenters. The van der Waals surface area contributed by atoms with E-state index in [-0.39, 0.29) is 13.2 Å². The van der Waals surface area contributed by atoms with Crippen molar-refractivity contribution in [2.24, 2.45) is 5.41 Å². The summed E-state index contributed by atoms with van der Waals surface area (Å²) in [6, 6.07) is 5.60. The standard InChI is InChI=1S/C12H18ClNO2/c1-9-3-4-10(13)5-11(9)14-6-12(2,7-15)8-16/h3-5,14-16H,6-8H2,1-2H3. The minimum Gasteiger partial charge on any atom is -0.396 e. The number of nitrogens with one attached hydrogen (secondary N) is 1. The topological polar surface area (TPSA) is 52.5 Å². The molecule has 0 bridgehead atoms. The zero-order valence-electron chi connectivity index (χ0n) is 9.63. The van der Waals surface area contributed by atoms with Crippen LogP contribution in [0.2, 0.25) is 5.02 Å². The third-order valence-corrected chi connectivity index (χ3v) is 2.90. The van der Waals surface area contributed by atoms with Gasteiger partial charge < -0.3 is 15.5 Å². The zero-order valence-corrected chi connectivity index (χ0v) is 10.4. The molecule has 1 rings (SSSR count). The number of anilines is 1. The molecular formula is C12H18ClNO2. The van der Waals surface area contributed by atoms with Gasteiger partial charge in [0.1, 0.15) is 0 Å². The van der Waals surface area contributed by atoms with Gasteiger partial charge in [0, 0.05) is 22.7 Å². The Labute approximate surface area is 101 Å². The van der Waals surface area contributed by atoms with E-state index < -0.39 is 5.41 Å². The maximum atomic E-state index is 9.16. The molecule has 1 aromatic rings. The molecular weight excluding hydrogens is 226 g/mol. The van der Waals surface area contributed by atoms with E-state index in [0.29, 0.717) is 11.6 Å². The van der Waals surface area contributed by atoms with Gasteiger partial charge in [-0.15, -0.1) is 0 Å². The van der Waals surface area contributed by atoms with Gasteiger partial charge in [-0.3, -0.25) is 0 Å². The van der Waals surface area contributed by atoms with Crippen molar-refractivity contribution in [2.45, 2.75) is 13.8 Å². The fourth-order valence-corrected chi connectivity index (χ4v) is 1.43. The normalized spacial score (nSPS) is 11.6. The second kappa shape index (κ2) is 5.53. The Kier molecular flexibility index (Phi) is 4.59. The van der Waals surface area contributed by atoms with E-state index in [1.165, 1.54) is 0 Å². The molecule has 0 radical (unpaired) electrons. The molecule has 0 saturated heterocycles. The fourth-order valence-electron chi connectivity index (χ4n) is 1.26. The Bertz CT molecular complexity index is 351. The van der Waals surface area contributed by atoms with Crippen LogP contribution >= 0.6 is 11.6 Å². The van der Waals surface area contributed by atoms with Crippen molar-refractivity contribution < 1.29 is 10.2 Å². The van der Waals surface area contributed by atoms with Crippen LogP contribution in [-0.2, 0) is 0 Å². The maximum absolute atomic E-state index is 9.16. The van der Waals surface area contributed by atoms with Gasteiger partial charge in [-0.2, -0.15) is 0 Å². The molecule has 0 aliphatic heterocycles. The van der Waals surface area contributed by atoms with Crippen molar-refractivity contribution in [3.63, 3.8) is 0 Å². The van der Waals surface area contributed by atoms with Gasteiger partial charge in [-0.1, -0.05) is 24.6 Å². The molecule has 0 aromatic heterocycles. The maximum Gasteiger partial charge on any atom is 0.0523 e. The summed E-state index contributed by atoms with van der Waals surface area (Å²) in [5.41, 5.74) is 1.50. The first-order valence-electron chi connectivity index (χ1n) is 5.22. The number of aryl methyl sites for hydroxylation is 1. The van der Waals surface area contributed by atoms with Crippen LogP contribution in [0.25, 0.3) is 0 Å². The van der Waals surface area contributed by atoms with Crippen molar-refractivity contribution >= 4 is 17.3 Å². The summed E-state index contributed by atoms with van der Waals surface area (Å²) in [4.78, 5) is 0. The van der Waals surface area contributed by atoms with E-state index >= 15 is 0 Å². The number of halogens is 1. The second-order valence-corrected chi connectivity index (χ2v) is 4.88. The molecule has 0 heterocycles. The Morgan fingerprint density at radius 2 is 1.94 bits per heavy atom. The monoisotopic (exact) mass is 243 g/mol. The highest BCUT2D eigenvalue weighted by atomic mass is 35.5. The van der Waals surface area contributed by atoms with Crippen LogP contribution in [0.5, 0.6) is 0 Å². The van der Waals surface area contributed by atoms with E-state index in [2.05, 4.69) is 5.32 Å². The van der Waals surface area contributed by atoms with Crippen LogP contribution < -0.4 is 5.32 Å². The van der Waals surface area contributed by atoms with Gasteiger partial charge in [0.05, 0.1) is 13.2 Å². The molecule has 1 aromatic carbocycles. The van der Waals surface area contributed by atoms with Crippen molar-refractivity contribution in [3.8, 4) is 0 Å². The molecule has 0 aliphatic rings. The van der Waals surface area contributed by atoms with Crippen LogP contribution in [0, 0.1) is 12.3 Å². The van der Waals surface area contributed by atoms with Crippen molar-refractivity contribution in [1.82, 2.24) is 0 Å². The first-order valence-corrected chi connectivity index (χ1v) is 5.60. The Morgan fingerprint density at radius 1 is 1.31 bits per heavy atom. The van der Waals surface area contributed by atoms with Crippen LogP contribution in [0.15, 0.2) is 18.2 Å². The first kappa shape index (κ1) is 13.3. The highest BCUT2D eigenvalue weighted by Crippen LogP contribution is 2.22. The average molecular weight is 244 g/mol. The predicted molar refractivity (Wildman–Crippen MR) is 67.0 cm³/mol. The number of hydrogen-bond acceptors (Lipinski definition) is 3. The summed E-state index contributed by atoms with van der Waals surface area (Å²) in [5, 5.41) is 22.2. The molecule has 3 nitrogen and oxygen atoms in total. The molecule has 0 spiro atoms. The van der Waals surface area contributed by atoms with Crippen LogP contribution in [-0.4, -0.2) is 30.0 Å². The van der Waals surface area contributed by atoms with Crippen LogP contribution in [0.3, 0.4) is 0 Å². The SMILES string of the molecule is Cc1ccc(Cl)cc1NCC(C)(CO)CO. The van der Waals surface area contributed by atoms with Crippen molar-refractivity contribution in [1.29, 1.82) is 0 Å². The highest BCUT2D eigenvalue weighted by Gasteiger charge is 2.22. The summed E-state index contributed by atoms with van der Waals surface area (Å²) in [7, 11) is 0. The Hall–Kier alpha value is -0.770. The smallest absolute Gasteiger partial charge is 0.0523 e. The molecule has 0 amide bonds. The first-order chi connectivity index (χ1) is 7.50. The largest absolute Gasteiger partial charge is 0.396 e. The summed E-state index contributed by atoms with van der Waals surface area (Å²) in [6.45, 7) is 4.18. The highest BCUT2D eigenvalue weighted by molar-refractivity contribution is 6.30. The molecule has 4 heteroatoms. The van der Waals surface area contributed by atoms with Crippen LogP contribution in [0.4, 0.5) is 5.69 Å². The molecule has 0 fully saturated rings. The predicted octanol–water partition coefficient (Wildman–Crippen LogP) is 2.05. The van der Waals surface area contributed by atoms with Gasteiger partial charge in [0.25, 0.3) is 0 Å². The van der Waals surface area contributed by atoms with Crippen LogP contribution in [0.1, 0.15) is 12.5 Å². The summed E-state index contributed by atoms with van der Waals surface area (Å²) >= 11 is 5.90. The van der Waals surface area contributed by atoms with E-state index in [1.807, 2.05) is 32.0 Å². The third-order valence-electron chi connectivity index (χ3n) is 2.67. The second-order valence-electron chi connectivity index (χ2n) is 4.44. The summed E-state index contributed by atoms with van der Waals surface area (Å²) in [5.74, 6) is 0. The minimum atomic E-state index is -0.519. The fraction of sp³-hybridized carbons (Fsp3) is 0.500. The molecule has 0 saturated carbocycles. The lowest BCUT2D eigenvalue weighted by Crippen LogP contribution is -2.34. The lowest BCUT2D eigenvalue weighted by molar-refractivity contribution is 0.0806. The number of aliphatic hydroxyl groups excluding tert-OH is 2. The summed E-state index contributed by atoms with van der Waals surface area (Å²) < 4.78 is 0. The zero-order chi connectivity index (χ0) is 12.2. The molecule has 0 unspecified atom stereocenters.